The van der Waals surface area contributed by atoms with Crippen LogP contribution >= 0.6 is 0 Å². The molecular weight excluding hydrogens is 272 g/mol. The molecule has 1 fully saturated rings. The fourth-order valence-electron chi connectivity index (χ4n) is 3.71. The van der Waals surface area contributed by atoms with Crippen LogP contribution in [0.1, 0.15) is 96.8 Å². The van der Waals surface area contributed by atoms with Gasteiger partial charge in [-0.05, 0) is 37.5 Å². The predicted molar refractivity (Wildman–Crippen MR) is 95.0 cm³/mol. The molecule has 130 valence electrons. The average Bonchev–Trinajstić information content (AvgIpc) is 2.54. The summed E-state index contributed by atoms with van der Waals surface area (Å²) in [5, 5.41) is 19.0. The number of aliphatic hydroxyl groups is 2. The van der Waals surface area contributed by atoms with E-state index in [9.17, 15) is 5.11 Å². The number of rotatable bonds is 12. The van der Waals surface area contributed by atoms with Crippen molar-refractivity contribution in [2.75, 3.05) is 6.61 Å². The zero-order valence-corrected chi connectivity index (χ0v) is 14.7. The van der Waals surface area contributed by atoms with Gasteiger partial charge in [-0.15, -0.1) is 0 Å². The Kier molecular flexibility index (Phi) is 10.9. The number of unbranched alkanes of at least 4 members (excludes halogenated alkanes) is 5. The van der Waals surface area contributed by atoms with Crippen molar-refractivity contribution in [3.8, 4) is 0 Å². The molecule has 0 bridgehead atoms. The lowest BCUT2D eigenvalue weighted by Gasteiger charge is -2.35. The smallest absolute Gasteiger partial charge is 0.0721 e. The van der Waals surface area contributed by atoms with Crippen molar-refractivity contribution in [3.05, 3.63) is 12.2 Å². The van der Waals surface area contributed by atoms with E-state index in [1.807, 2.05) is 0 Å². The summed E-state index contributed by atoms with van der Waals surface area (Å²) >= 11 is 0. The molecule has 0 aromatic rings. The van der Waals surface area contributed by atoms with E-state index in [4.69, 9.17) is 5.11 Å². The van der Waals surface area contributed by atoms with Crippen LogP contribution in [0, 0.1) is 5.41 Å². The highest BCUT2D eigenvalue weighted by molar-refractivity contribution is 5.03. The van der Waals surface area contributed by atoms with E-state index < -0.39 is 0 Å². The summed E-state index contributed by atoms with van der Waals surface area (Å²) in [7, 11) is 0. The summed E-state index contributed by atoms with van der Waals surface area (Å²) in [5.74, 6) is 0. The molecule has 2 N–H and O–H groups in total. The van der Waals surface area contributed by atoms with Crippen molar-refractivity contribution in [2.45, 2.75) is 103 Å². The second-order valence-corrected chi connectivity index (χ2v) is 7.23. The van der Waals surface area contributed by atoms with Crippen LogP contribution in [0.2, 0.25) is 0 Å². The summed E-state index contributed by atoms with van der Waals surface area (Å²) in [5.41, 5.74) is 0.350. The Morgan fingerprint density at radius 1 is 0.955 bits per heavy atom. The molecule has 0 aliphatic heterocycles. The number of allylic oxidation sites excluding steroid dienone is 1. The van der Waals surface area contributed by atoms with Gasteiger partial charge in [-0.3, -0.25) is 0 Å². The van der Waals surface area contributed by atoms with Crippen molar-refractivity contribution in [3.63, 3.8) is 0 Å². The van der Waals surface area contributed by atoms with E-state index in [-0.39, 0.29) is 6.10 Å². The molecule has 0 aromatic heterocycles. The SMILES string of the molecule is CCCCCC(O)C=CC1(CCCCCCO)CCCCC1. The van der Waals surface area contributed by atoms with E-state index >= 15 is 0 Å². The molecule has 1 aliphatic rings. The van der Waals surface area contributed by atoms with Gasteiger partial charge in [0.15, 0.2) is 0 Å². The maximum atomic E-state index is 10.1. The first-order valence-electron chi connectivity index (χ1n) is 9.71. The summed E-state index contributed by atoms with van der Waals surface area (Å²) in [6.45, 7) is 2.53. The van der Waals surface area contributed by atoms with Crippen LogP contribution in [0.3, 0.4) is 0 Å². The van der Waals surface area contributed by atoms with Crippen LogP contribution in [0.15, 0.2) is 12.2 Å². The Balaban J connectivity index is 2.41. The Labute approximate surface area is 138 Å². The van der Waals surface area contributed by atoms with E-state index in [2.05, 4.69) is 19.1 Å². The van der Waals surface area contributed by atoms with Gasteiger partial charge in [0, 0.05) is 6.61 Å². The van der Waals surface area contributed by atoms with Gasteiger partial charge in [-0.25, -0.2) is 0 Å². The molecular formula is C20H38O2. The summed E-state index contributed by atoms with van der Waals surface area (Å²) in [6.07, 6.45) is 21.2. The topological polar surface area (TPSA) is 40.5 Å². The van der Waals surface area contributed by atoms with E-state index in [0.29, 0.717) is 12.0 Å². The first kappa shape index (κ1) is 19.7. The van der Waals surface area contributed by atoms with E-state index in [1.165, 1.54) is 64.2 Å². The second-order valence-electron chi connectivity index (χ2n) is 7.23. The minimum absolute atomic E-state index is 0.250. The molecule has 1 rings (SSSR count). The van der Waals surface area contributed by atoms with Gasteiger partial charge in [0.05, 0.1) is 6.10 Å². The minimum Gasteiger partial charge on any atom is -0.396 e. The lowest BCUT2D eigenvalue weighted by molar-refractivity contribution is 0.197. The molecule has 2 heteroatoms. The van der Waals surface area contributed by atoms with Crippen molar-refractivity contribution < 1.29 is 10.2 Å². The normalized spacial score (nSPS) is 19.6. The van der Waals surface area contributed by atoms with Gasteiger partial charge in [0.1, 0.15) is 0 Å². The third-order valence-corrected chi connectivity index (χ3v) is 5.21. The molecule has 1 aliphatic carbocycles. The molecule has 0 heterocycles. The quantitative estimate of drug-likeness (QED) is 0.375. The third kappa shape index (κ3) is 8.33. The van der Waals surface area contributed by atoms with E-state index in [0.717, 1.165) is 25.7 Å². The number of hydrogen-bond donors (Lipinski definition) is 2. The highest BCUT2D eigenvalue weighted by Gasteiger charge is 2.28. The Morgan fingerprint density at radius 3 is 2.36 bits per heavy atom. The van der Waals surface area contributed by atoms with Crippen LogP contribution in [-0.4, -0.2) is 22.9 Å². The zero-order chi connectivity index (χ0) is 16.1. The van der Waals surface area contributed by atoms with Gasteiger partial charge >= 0.3 is 0 Å². The molecule has 1 saturated carbocycles. The monoisotopic (exact) mass is 310 g/mol. The first-order valence-corrected chi connectivity index (χ1v) is 9.71. The van der Waals surface area contributed by atoms with Gasteiger partial charge in [-0.1, -0.05) is 76.9 Å². The highest BCUT2D eigenvalue weighted by Crippen LogP contribution is 2.42. The van der Waals surface area contributed by atoms with Gasteiger partial charge in [0.25, 0.3) is 0 Å². The molecule has 0 radical (unpaired) electrons. The maximum Gasteiger partial charge on any atom is 0.0721 e. The summed E-state index contributed by atoms with van der Waals surface area (Å²) in [4.78, 5) is 0. The maximum absolute atomic E-state index is 10.1. The van der Waals surface area contributed by atoms with Crippen molar-refractivity contribution in [1.29, 1.82) is 0 Å². The Morgan fingerprint density at radius 2 is 1.68 bits per heavy atom. The molecule has 0 aromatic carbocycles. The molecule has 1 atom stereocenters. The van der Waals surface area contributed by atoms with Gasteiger partial charge < -0.3 is 10.2 Å². The number of hydrogen-bond acceptors (Lipinski definition) is 2. The van der Waals surface area contributed by atoms with Crippen LogP contribution in [0.5, 0.6) is 0 Å². The van der Waals surface area contributed by atoms with Crippen molar-refractivity contribution in [1.82, 2.24) is 0 Å². The van der Waals surface area contributed by atoms with E-state index in [1.54, 1.807) is 0 Å². The van der Waals surface area contributed by atoms with Crippen LogP contribution in [-0.2, 0) is 0 Å². The molecule has 0 amide bonds. The molecule has 0 spiro atoms. The summed E-state index contributed by atoms with van der Waals surface area (Å²) in [6, 6.07) is 0. The van der Waals surface area contributed by atoms with Crippen LogP contribution < -0.4 is 0 Å². The van der Waals surface area contributed by atoms with Crippen molar-refractivity contribution in [2.24, 2.45) is 5.41 Å². The standard InChI is InChI=1S/C20H38O2/c1-2-3-7-12-19(22)13-17-20(15-9-6-10-16-20)14-8-4-5-11-18-21/h13,17,19,21-22H,2-12,14-16,18H2,1H3. The molecule has 0 saturated heterocycles. The Bertz CT molecular complexity index is 279. The molecule has 1 unspecified atom stereocenters. The van der Waals surface area contributed by atoms with Crippen molar-refractivity contribution >= 4 is 0 Å². The lowest BCUT2D eigenvalue weighted by Crippen LogP contribution is -2.22. The first-order chi connectivity index (χ1) is 10.7. The zero-order valence-electron chi connectivity index (χ0n) is 14.7. The fourth-order valence-corrected chi connectivity index (χ4v) is 3.71. The minimum atomic E-state index is -0.250. The highest BCUT2D eigenvalue weighted by atomic mass is 16.3. The fraction of sp³-hybridized carbons (Fsp3) is 0.900. The summed E-state index contributed by atoms with van der Waals surface area (Å²) < 4.78 is 0. The van der Waals surface area contributed by atoms with Crippen LogP contribution in [0.25, 0.3) is 0 Å². The van der Waals surface area contributed by atoms with Crippen LogP contribution in [0.4, 0.5) is 0 Å². The molecule has 2 nitrogen and oxygen atoms in total. The van der Waals surface area contributed by atoms with Gasteiger partial charge in [-0.2, -0.15) is 0 Å². The lowest BCUT2D eigenvalue weighted by atomic mass is 9.70. The Hall–Kier alpha value is -0.340. The molecule has 22 heavy (non-hydrogen) atoms. The largest absolute Gasteiger partial charge is 0.396 e. The average molecular weight is 311 g/mol. The predicted octanol–water partition coefficient (Wildman–Crippen LogP) is 5.38. The number of aliphatic hydroxyl groups excluding tert-OH is 2. The second kappa shape index (κ2) is 12.1. The third-order valence-electron chi connectivity index (χ3n) is 5.21. The van der Waals surface area contributed by atoms with Gasteiger partial charge in [0.2, 0.25) is 0 Å².